The monoisotopic (exact) mass is 538 g/mol. The molecule has 2 N–H and O–H groups in total. The van der Waals surface area contributed by atoms with E-state index in [0.717, 1.165) is 50.3 Å². The van der Waals surface area contributed by atoms with Crippen LogP contribution in [-0.2, 0) is 28.7 Å². The number of ether oxygens (including phenoxy) is 1. The van der Waals surface area contributed by atoms with Crippen LogP contribution in [0.25, 0.3) is 22.4 Å². The van der Waals surface area contributed by atoms with Crippen molar-refractivity contribution in [2.75, 3.05) is 10.6 Å². The van der Waals surface area contributed by atoms with E-state index in [1.807, 2.05) is 68.4 Å². The average Bonchev–Trinajstić information content (AvgIpc) is 2.78. The molecule has 1 unspecified atom stereocenters. The number of aryl methyl sites for hydroxylation is 1. The number of pyridine rings is 1. The van der Waals surface area contributed by atoms with Crippen molar-refractivity contribution in [2.45, 2.75) is 73.1 Å². The van der Waals surface area contributed by atoms with Crippen molar-refractivity contribution in [2.24, 2.45) is 0 Å². The van der Waals surface area contributed by atoms with Crippen LogP contribution in [0.1, 0.15) is 56.9 Å². The van der Waals surface area contributed by atoms with Crippen LogP contribution in [0.2, 0.25) is 0 Å². The van der Waals surface area contributed by atoms with Crippen LogP contribution in [0.5, 0.6) is 5.75 Å². The van der Waals surface area contributed by atoms with Crippen LogP contribution in [0.3, 0.4) is 0 Å². The fraction of sp³-hybridized carbons (Fsp3) is 0.400. The van der Waals surface area contributed by atoms with E-state index in [1.165, 1.54) is 0 Å². The normalized spacial score (nSPS) is 13.3. The molecule has 0 saturated heterocycles. The highest BCUT2D eigenvalue weighted by molar-refractivity contribution is 7.85. The zero-order chi connectivity index (χ0) is 28.4. The van der Waals surface area contributed by atoms with Crippen LogP contribution in [-0.4, -0.2) is 43.3 Å². The number of benzene rings is 2. The van der Waals surface area contributed by atoms with E-state index in [1.54, 1.807) is 33.2 Å². The van der Waals surface area contributed by atoms with Gasteiger partial charge >= 0.3 is 5.97 Å². The minimum atomic E-state index is -1.31. The molecule has 8 heteroatoms. The van der Waals surface area contributed by atoms with E-state index < -0.39 is 22.6 Å². The zero-order valence-corrected chi connectivity index (χ0v) is 24.3. The average molecular weight is 539 g/mol. The van der Waals surface area contributed by atoms with Gasteiger partial charge in [0.2, 0.25) is 0 Å². The molecule has 0 aliphatic carbocycles. The number of hydrogen-bond acceptors (Lipinski definition) is 5. The topological polar surface area (TPSA) is 100.0 Å². The van der Waals surface area contributed by atoms with Gasteiger partial charge in [-0.1, -0.05) is 29.8 Å². The number of carboxylic acids is 1. The Labute approximate surface area is 228 Å². The summed E-state index contributed by atoms with van der Waals surface area (Å²) >= 11 is 0. The zero-order valence-electron chi connectivity index (χ0n) is 23.5. The Morgan fingerprint density at radius 1 is 1.13 bits per heavy atom. The second-order valence-corrected chi connectivity index (χ2v) is 12.1. The quantitative estimate of drug-likeness (QED) is 0.409. The van der Waals surface area contributed by atoms with E-state index in [-0.39, 0.29) is 12.5 Å². The first kappa shape index (κ1) is 29.3. The van der Waals surface area contributed by atoms with Gasteiger partial charge in [0.1, 0.15) is 16.7 Å². The first-order valence-corrected chi connectivity index (χ1v) is 14.1. The van der Waals surface area contributed by atoms with Crippen LogP contribution in [0.4, 0.5) is 5.69 Å². The predicted molar refractivity (Wildman–Crippen MR) is 154 cm³/mol. The number of aromatic nitrogens is 1. The van der Waals surface area contributed by atoms with Gasteiger partial charge in [-0.2, -0.15) is 0 Å². The molecular weight excluding hydrogens is 500 g/mol. The van der Waals surface area contributed by atoms with Gasteiger partial charge in [-0.25, -0.2) is 4.21 Å². The molecule has 38 heavy (non-hydrogen) atoms. The number of aliphatic hydroxyl groups is 1. The third-order valence-corrected chi connectivity index (χ3v) is 6.74. The lowest BCUT2D eigenvalue weighted by atomic mass is 9.86. The van der Waals surface area contributed by atoms with E-state index >= 15 is 0 Å². The van der Waals surface area contributed by atoms with E-state index in [9.17, 15) is 14.1 Å². The SMILES string of the molecule is CC(C)(C)O.Cc1ccc(-c2cc3c(c(C)c2CC(=O)O)N(S(C)=O)Cc2cc(OC(C)C)cnc2-3)cc1. The number of aliphatic carboxylic acids is 1. The summed E-state index contributed by atoms with van der Waals surface area (Å²) in [6, 6.07) is 12.0. The molecule has 0 bridgehead atoms. The van der Waals surface area contributed by atoms with Gasteiger partial charge in [0.25, 0.3) is 0 Å². The highest BCUT2D eigenvalue weighted by Gasteiger charge is 2.30. The van der Waals surface area contributed by atoms with Crippen molar-refractivity contribution in [3.8, 4) is 28.1 Å². The molecule has 0 fully saturated rings. The lowest BCUT2D eigenvalue weighted by molar-refractivity contribution is -0.136. The van der Waals surface area contributed by atoms with Crippen LogP contribution in [0.15, 0.2) is 42.6 Å². The van der Waals surface area contributed by atoms with Gasteiger partial charge in [0, 0.05) is 17.4 Å². The molecule has 2 heterocycles. The Bertz CT molecular complexity index is 1340. The first-order chi connectivity index (χ1) is 17.7. The van der Waals surface area contributed by atoms with Crippen molar-refractivity contribution in [3.63, 3.8) is 0 Å². The summed E-state index contributed by atoms with van der Waals surface area (Å²) < 4.78 is 20.4. The third kappa shape index (κ3) is 7.20. The van der Waals surface area contributed by atoms with Gasteiger partial charge in [0.15, 0.2) is 0 Å². The Kier molecular flexibility index (Phi) is 9.00. The van der Waals surface area contributed by atoms with Gasteiger partial charge < -0.3 is 14.9 Å². The minimum Gasteiger partial charge on any atom is -0.489 e. The van der Waals surface area contributed by atoms with Gasteiger partial charge in [-0.3, -0.25) is 14.1 Å². The maximum atomic E-state index is 12.8. The molecule has 204 valence electrons. The summed E-state index contributed by atoms with van der Waals surface area (Å²) in [5.41, 5.74) is 7.33. The molecule has 3 aromatic rings. The largest absolute Gasteiger partial charge is 0.489 e. The van der Waals surface area contributed by atoms with E-state index in [0.29, 0.717) is 12.3 Å². The highest BCUT2D eigenvalue weighted by atomic mass is 32.2. The number of carbonyl (C=O) groups is 1. The number of fused-ring (bicyclic) bond motifs is 3. The van der Waals surface area contributed by atoms with Crippen molar-refractivity contribution in [1.82, 2.24) is 4.98 Å². The van der Waals surface area contributed by atoms with Crippen LogP contribution >= 0.6 is 0 Å². The van der Waals surface area contributed by atoms with Crippen molar-refractivity contribution >= 4 is 22.6 Å². The van der Waals surface area contributed by atoms with Crippen LogP contribution < -0.4 is 9.04 Å². The highest BCUT2D eigenvalue weighted by Crippen LogP contribution is 2.46. The van der Waals surface area contributed by atoms with Crippen LogP contribution in [0, 0.1) is 13.8 Å². The number of nitrogens with zero attached hydrogens (tertiary/aromatic N) is 2. The molecule has 0 spiro atoms. The second-order valence-electron chi connectivity index (χ2n) is 10.8. The molecule has 2 aromatic carbocycles. The summed E-state index contributed by atoms with van der Waals surface area (Å²) in [4.78, 5) is 16.5. The Morgan fingerprint density at radius 2 is 1.74 bits per heavy atom. The molecule has 1 aromatic heterocycles. The molecule has 0 radical (unpaired) electrons. The van der Waals surface area contributed by atoms with Gasteiger partial charge in [0.05, 0.1) is 42.2 Å². The third-order valence-electron chi connectivity index (χ3n) is 5.81. The van der Waals surface area contributed by atoms with E-state index in [2.05, 4.69) is 0 Å². The van der Waals surface area contributed by atoms with Crippen molar-refractivity contribution in [1.29, 1.82) is 0 Å². The Hall–Kier alpha value is -3.23. The second kappa shape index (κ2) is 11.7. The maximum Gasteiger partial charge on any atom is 0.307 e. The smallest absolute Gasteiger partial charge is 0.307 e. The van der Waals surface area contributed by atoms with Crippen molar-refractivity contribution in [3.05, 3.63) is 64.8 Å². The summed E-state index contributed by atoms with van der Waals surface area (Å²) in [7, 11) is -1.31. The molecule has 0 amide bonds. The molecule has 1 aliphatic rings. The molecule has 0 saturated carbocycles. The molecular formula is C30H38N2O5S. The minimum absolute atomic E-state index is 0.0195. The number of carboxylic acid groups (broad SMARTS) is 1. The van der Waals surface area contributed by atoms with Gasteiger partial charge in [-0.15, -0.1) is 0 Å². The Morgan fingerprint density at radius 3 is 2.26 bits per heavy atom. The number of rotatable bonds is 6. The molecule has 7 nitrogen and oxygen atoms in total. The summed E-state index contributed by atoms with van der Waals surface area (Å²) in [5.74, 6) is -0.229. The maximum absolute atomic E-state index is 12.8. The number of anilines is 1. The standard InChI is InChI=1S/C26H28N2O4S.C4H10O/c1-15(2)32-20-10-19-14-28(33(5)31)26-17(4)21(12-24(29)30)22(11-23(26)25(19)27-13-20)18-8-6-16(3)7-9-18;1-4(2,3)5/h6-11,13,15H,12,14H2,1-5H3,(H,29,30);5H,1-3H3. The number of hydrogen-bond donors (Lipinski definition) is 2. The lowest BCUT2D eigenvalue weighted by Gasteiger charge is -2.33. The van der Waals surface area contributed by atoms with Gasteiger partial charge in [-0.05, 0) is 82.9 Å². The molecule has 1 aliphatic heterocycles. The van der Waals surface area contributed by atoms with E-state index in [4.69, 9.17) is 14.8 Å². The predicted octanol–water partition coefficient (Wildman–Crippen LogP) is 5.84. The summed E-state index contributed by atoms with van der Waals surface area (Å²) in [5, 5.41) is 18.2. The lowest BCUT2D eigenvalue weighted by Crippen LogP contribution is -2.29. The fourth-order valence-corrected chi connectivity index (χ4v) is 5.17. The van der Waals surface area contributed by atoms with Crippen molar-refractivity contribution < 1.29 is 24.0 Å². The Balaban J connectivity index is 0.000000732. The summed E-state index contributed by atoms with van der Waals surface area (Å²) in [6.45, 7) is 13.5. The fourth-order valence-electron chi connectivity index (χ4n) is 4.36. The summed E-state index contributed by atoms with van der Waals surface area (Å²) in [6.07, 6.45) is 3.26. The molecule has 4 rings (SSSR count). The molecule has 1 atom stereocenters. The first-order valence-electron chi connectivity index (χ1n) is 12.6.